The van der Waals surface area contributed by atoms with Crippen molar-refractivity contribution in [3.8, 4) is 5.75 Å². The SMILES string of the molecule is CCCCOc1ccc(CN(CCCC)C(C)C)cc1. The Bertz CT molecular complexity index is 345. The molecule has 0 unspecified atom stereocenters. The fraction of sp³-hybridized carbons (Fsp3) is 0.667. The highest BCUT2D eigenvalue weighted by Gasteiger charge is 2.09. The molecule has 20 heavy (non-hydrogen) atoms. The first-order valence-electron chi connectivity index (χ1n) is 8.13. The largest absolute Gasteiger partial charge is 0.494 e. The maximum atomic E-state index is 5.71. The molecule has 0 aliphatic rings. The maximum Gasteiger partial charge on any atom is 0.119 e. The van der Waals surface area contributed by atoms with E-state index in [9.17, 15) is 0 Å². The molecule has 0 amide bonds. The molecular weight excluding hydrogens is 246 g/mol. The molecule has 0 heterocycles. The molecule has 0 saturated carbocycles. The van der Waals surface area contributed by atoms with Gasteiger partial charge in [0.25, 0.3) is 0 Å². The van der Waals surface area contributed by atoms with Crippen molar-refractivity contribution in [3.63, 3.8) is 0 Å². The first kappa shape index (κ1) is 17.0. The second kappa shape index (κ2) is 9.82. The first-order valence-corrected chi connectivity index (χ1v) is 8.13. The lowest BCUT2D eigenvalue weighted by Gasteiger charge is -2.26. The normalized spacial score (nSPS) is 11.3. The first-order chi connectivity index (χ1) is 9.67. The summed E-state index contributed by atoms with van der Waals surface area (Å²) in [6.45, 7) is 12.0. The van der Waals surface area contributed by atoms with Gasteiger partial charge in [-0.3, -0.25) is 4.90 Å². The Hall–Kier alpha value is -1.02. The quantitative estimate of drug-likeness (QED) is 0.565. The average molecular weight is 277 g/mol. The second-order valence-corrected chi connectivity index (χ2v) is 5.76. The molecular formula is C18H31NO. The predicted molar refractivity (Wildman–Crippen MR) is 87.3 cm³/mol. The third kappa shape index (κ3) is 6.42. The highest BCUT2D eigenvalue weighted by molar-refractivity contribution is 5.27. The van der Waals surface area contributed by atoms with Crippen molar-refractivity contribution in [2.24, 2.45) is 0 Å². The number of hydrogen-bond acceptors (Lipinski definition) is 2. The van der Waals surface area contributed by atoms with Crippen LogP contribution in [-0.2, 0) is 6.54 Å². The molecule has 2 nitrogen and oxygen atoms in total. The molecule has 0 fully saturated rings. The summed E-state index contributed by atoms with van der Waals surface area (Å²) in [5.74, 6) is 0.992. The van der Waals surface area contributed by atoms with Gasteiger partial charge in [-0.15, -0.1) is 0 Å². The van der Waals surface area contributed by atoms with Gasteiger partial charge in [0.1, 0.15) is 5.75 Å². The fourth-order valence-electron chi connectivity index (χ4n) is 2.14. The second-order valence-electron chi connectivity index (χ2n) is 5.76. The van der Waals surface area contributed by atoms with Crippen molar-refractivity contribution < 1.29 is 4.74 Å². The number of nitrogens with zero attached hydrogens (tertiary/aromatic N) is 1. The molecule has 0 aliphatic heterocycles. The number of hydrogen-bond donors (Lipinski definition) is 0. The van der Waals surface area contributed by atoms with E-state index in [1.165, 1.54) is 31.4 Å². The van der Waals surface area contributed by atoms with E-state index in [-0.39, 0.29) is 0 Å². The molecule has 1 rings (SSSR count). The minimum Gasteiger partial charge on any atom is -0.494 e. The molecule has 0 spiro atoms. The molecule has 114 valence electrons. The molecule has 0 aliphatic carbocycles. The van der Waals surface area contributed by atoms with Crippen LogP contribution in [0.1, 0.15) is 58.9 Å². The van der Waals surface area contributed by atoms with Crippen molar-refractivity contribution in [1.82, 2.24) is 4.90 Å². The van der Waals surface area contributed by atoms with Crippen LogP contribution in [0.5, 0.6) is 5.75 Å². The monoisotopic (exact) mass is 277 g/mol. The smallest absolute Gasteiger partial charge is 0.119 e. The Balaban J connectivity index is 2.49. The number of ether oxygens (including phenoxy) is 1. The number of unbranched alkanes of at least 4 members (excludes halogenated alkanes) is 2. The Morgan fingerprint density at radius 3 is 2.20 bits per heavy atom. The van der Waals surface area contributed by atoms with Gasteiger partial charge < -0.3 is 4.74 Å². The molecule has 0 radical (unpaired) electrons. The summed E-state index contributed by atoms with van der Waals surface area (Å²) in [6, 6.07) is 9.19. The van der Waals surface area contributed by atoms with E-state index in [1.54, 1.807) is 0 Å². The zero-order valence-corrected chi connectivity index (χ0v) is 13.7. The van der Waals surface area contributed by atoms with Crippen LogP contribution >= 0.6 is 0 Å². The third-order valence-electron chi connectivity index (χ3n) is 3.60. The van der Waals surface area contributed by atoms with Crippen molar-refractivity contribution in [1.29, 1.82) is 0 Å². The highest BCUT2D eigenvalue weighted by Crippen LogP contribution is 2.15. The summed E-state index contributed by atoms with van der Waals surface area (Å²) < 4.78 is 5.71. The van der Waals surface area contributed by atoms with Gasteiger partial charge in [0.05, 0.1) is 6.61 Å². The van der Waals surface area contributed by atoms with E-state index < -0.39 is 0 Å². The molecule has 0 N–H and O–H groups in total. The van der Waals surface area contributed by atoms with E-state index in [2.05, 4.69) is 56.9 Å². The molecule has 1 aromatic carbocycles. The van der Waals surface area contributed by atoms with E-state index in [0.29, 0.717) is 6.04 Å². The number of rotatable bonds is 10. The van der Waals surface area contributed by atoms with Crippen LogP contribution in [0.3, 0.4) is 0 Å². The maximum absolute atomic E-state index is 5.71. The van der Waals surface area contributed by atoms with Crippen LogP contribution in [0, 0.1) is 0 Å². The molecule has 0 saturated heterocycles. The lowest BCUT2D eigenvalue weighted by Crippen LogP contribution is -2.31. The van der Waals surface area contributed by atoms with E-state index in [0.717, 1.165) is 25.3 Å². The fourth-order valence-corrected chi connectivity index (χ4v) is 2.14. The van der Waals surface area contributed by atoms with E-state index in [4.69, 9.17) is 4.74 Å². The summed E-state index contributed by atoms with van der Waals surface area (Å²) in [5, 5.41) is 0. The lowest BCUT2D eigenvalue weighted by atomic mass is 10.1. The van der Waals surface area contributed by atoms with E-state index in [1.807, 2.05) is 0 Å². The van der Waals surface area contributed by atoms with Gasteiger partial charge in [-0.1, -0.05) is 38.8 Å². The van der Waals surface area contributed by atoms with Crippen LogP contribution in [0.2, 0.25) is 0 Å². The summed E-state index contributed by atoms with van der Waals surface area (Å²) in [5.41, 5.74) is 1.37. The zero-order valence-electron chi connectivity index (χ0n) is 13.7. The van der Waals surface area contributed by atoms with Crippen LogP contribution in [-0.4, -0.2) is 24.1 Å². The summed E-state index contributed by atoms with van der Waals surface area (Å²) in [6.07, 6.45) is 4.84. The van der Waals surface area contributed by atoms with Gasteiger partial charge in [-0.05, 0) is 50.9 Å². The van der Waals surface area contributed by atoms with Gasteiger partial charge in [0.15, 0.2) is 0 Å². The van der Waals surface area contributed by atoms with Crippen LogP contribution in [0.4, 0.5) is 0 Å². The number of benzene rings is 1. The standard InChI is InChI=1S/C18H31NO/c1-5-7-13-19(16(3)4)15-17-9-11-18(12-10-17)20-14-8-6-2/h9-12,16H,5-8,13-15H2,1-4H3. The van der Waals surface area contributed by atoms with Gasteiger partial charge in [0.2, 0.25) is 0 Å². The van der Waals surface area contributed by atoms with Crippen LogP contribution in [0.15, 0.2) is 24.3 Å². The topological polar surface area (TPSA) is 12.5 Å². The van der Waals surface area contributed by atoms with Crippen LogP contribution < -0.4 is 4.74 Å². The summed E-state index contributed by atoms with van der Waals surface area (Å²) in [4.78, 5) is 2.54. The Morgan fingerprint density at radius 2 is 1.65 bits per heavy atom. The van der Waals surface area contributed by atoms with Gasteiger partial charge >= 0.3 is 0 Å². The van der Waals surface area contributed by atoms with Crippen molar-refractivity contribution in [2.45, 2.75) is 66.0 Å². The summed E-state index contributed by atoms with van der Waals surface area (Å²) in [7, 11) is 0. The highest BCUT2D eigenvalue weighted by atomic mass is 16.5. The van der Waals surface area contributed by atoms with Crippen molar-refractivity contribution in [2.75, 3.05) is 13.2 Å². The zero-order chi connectivity index (χ0) is 14.8. The van der Waals surface area contributed by atoms with E-state index >= 15 is 0 Å². The molecule has 0 atom stereocenters. The molecule has 0 bridgehead atoms. The van der Waals surface area contributed by atoms with Crippen molar-refractivity contribution >= 4 is 0 Å². The molecule has 0 aromatic heterocycles. The van der Waals surface area contributed by atoms with Gasteiger partial charge in [0, 0.05) is 12.6 Å². The Kier molecular flexibility index (Phi) is 8.36. The average Bonchev–Trinajstić information content (AvgIpc) is 2.45. The minimum atomic E-state index is 0.599. The summed E-state index contributed by atoms with van der Waals surface area (Å²) >= 11 is 0. The minimum absolute atomic E-state index is 0.599. The van der Waals surface area contributed by atoms with Crippen LogP contribution in [0.25, 0.3) is 0 Å². The predicted octanol–water partition coefficient (Wildman–Crippen LogP) is 4.88. The molecule has 1 aromatic rings. The Morgan fingerprint density at radius 1 is 1.00 bits per heavy atom. The Labute approximate surface area is 125 Å². The van der Waals surface area contributed by atoms with Gasteiger partial charge in [-0.25, -0.2) is 0 Å². The lowest BCUT2D eigenvalue weighted by molar-refractivity contribution is 0.209. The third-order valence-corrected chi connectivity index (χ3v) is 3.60. The van der Waals surface area contributed by atoms with Gasteiger partial charge in [-0.2, -0.15) is 0 Å². The van der Waals surface area contributed by atoms with Crippen molar-refractivity contribution in [3.05, 3.63) is 29.8 Å². The molecule has 2 heteroatoms.